The van der Waals surface area contributed by atoms with Crippen LogP contribution in [0.3, 0.4) is 0 Å². The molecule has 0 aliphatic carbocycles. The third-order valence-electron chi connectivity index (χ3n) is 5.39. The Morgan fingerprint density at radius 3 is 2.65 bits per heavy atom. The number of aromatic amines is 1. The summed E-state index contributed by atoms with van der Waals surface area (Å²) in [7, 11) is 1.57. The molecule has 0 fully saturated rings. The standard InChI is InChI=1S/C24H23Cl2N5O3/c1-24(2,33)13-31-15(8-14-4-5-16(34-3)9-19(14)26)11-30(23(31)32)12-21-28-20-7-6-18(25)17(10-27)22(20)29-21/h4-7,9,11,33H,8,12-13H2,1-3H3,(H,28,29). The van der Waals surface area contributed by atoms with Gasteiger partial charge >= 0.3 is 5.69 Å². The molecular formula is C24H23Cl2N5O3. The molecule has 0 spiro atoms. The van der Waals surface area contributed by atoms with E-state index in [1.165, 1.54) is 4.57 Å². The van der Waals surface area contributed by atoms with E-state index < -0.39 is 5.60 Å². The molecule has 2 aromatic heterocycles. The van der Waals surface area contributed by atoms with Crippen LogP contribution in [0.5, 0.6) is 5.75 Å². The maximum absolute atomic E-state index is 13.3. The summed E-state index contributed by atoms with van der Waals surface area (Å²) in [6.45, 7) is 3.55. The highest BCUT2D eigenvalue weighted by molar-refractivity contribution is 6.32. The fraction of sp³-hybridized carbons (Fsp3) is 0.292. The number of hydrogen-bond donors (Lipinski definition) is 2. The van der Waals surface area contributed by atoms with E-state index >= 15 is 0 Å². The number of H-pyrrole nitrogens is 1. The van der Waals surface area contributed by atoms with Gasteiger partial charge in [-0.2, -0.15) is 5.26 Å². The summed E-state index contributed by atoms with van der Waals surface area (Å²) >= 11 is 12.5. The van der Waals surface area contributed by atoms with E-state index in [2.05, 4.69) is 16.0 Å². The molecule has 8 nitrogen and oxygen atoms in total. The minimum atomic E-state index is -1.10. The average Bonchev–Trinajstić information content (AvgIpc) is 3.30. The van der Waals surface area contributed by atoms with Gasteiger partial charge in [0.05, 0.1) is 41.9 Å². The Kier molecular flexibility index (Phi) is 6.45. The van der Waals surface area contributed by atoms with Gasteiger partial charge in [-0.15, -0.1) is 0 Å². The molecule has 2 N–H and O–H groups in total. The Morgan fingerprint density at radius 1 is 1.24 bits per heavy atom. The number of halogens is 2. The first-order chi connectivity index (χ1) is 16.1. The maximum atomic E-state index is 13.3. The van der Waals surface area contributed by atoms with Gasteiger partial charge in [0.25, 0.3) is 0 Å². The second kappa shape index (κ2) is 9.18. The number of fused-ring (bicyclic) bond motifs is 1. The van der Waals surface area contributed by atoms with E-state index in [0.29, 0.717) is 44.8 Å². The number of nitriles is 1. The molecular weight excluding hydrogens is 477 g/mol. The van der Waals surface area contributed by atoms with Crippen LogP contribution in [-0.2, 0) is 19.5 Å². The van der Waals surface area contributed by atoms with Gasteiger partial charge in [-0.25, -0.2) is 9.78 Å². The van der Waals surface area contributed by atoms with Crippen molar-refractivity contribution in [1.29, 1.82) is 5.26 Å². The minimum Gasteiger partial charge on any atom is -0.497 e. The second-order valence-electron chi connectivity index (χ2n) is 8.68. The van der Waals surface area contributed by atoms with Crippen molar-refractivity contribution in [2.75, 3.05) is 7.11 Å². The van der Waals surface area contributed by atoms with Crippen molar-refractivity contribution in [3.05, 3.63) is 79.7 Å². The Bertz CT molecular complexity index is 1470. The summed E-state index contributed by atoms with van der Waals surface area (Å²) in [6.07, 6.45) is 2.12. The molecule has 0 amide bonds. The molecule has 0 aliphatic rings. The highest BCUT2D eigenvalue weighted by atomic mass is 35.5. The molecule has 0 aliphatic heterocycles. The van der Waals surface area contributed by atoms with E-state index in [1.807, 2.05) is 12.1 Å². The van der Waals surface area contributed by atoms with Crippen molar-refractivity contribution in [2.24, 2.45) is 0 Å². The Hall–Kier alpha value is -3.25. The summed E-state index contributed by atoms with van der Waals surface area (Å²) in [6, 6.07) is 10.8. The van der Waals surface area contributed by atoms with Crippen LogP contribution < -0.4 is 10.4 Å². The zero-order chi connectivity index (χ0) is 24.6. The number of methoxy groups -OCH3 is 1. The molecule has 10 heteroatoms. The molecule has 0 saturated heterocycles. The Morgan fingerprint density at radius 2 is 2.00 bits per heavy atom. The number of hydrogen-bond acceptors (Lipinski definition) is 5. The molecule has 0 radical (unpaired) electrons. The first-order valence-corrected chi connectivity index (χ1v) is 11.3. The van der Waals surface area contributed by atoms with Crippen molar-refractivity contribution >= 4 is 34.2 Å². The van der Waals surface area contributed by atoms with E-state index in [-0.39, 0.29) is 24.3 Å². The molecule has 2 aromatic carbocycles. The maximum Gasteiger partial charge on any atom is 0.328 e. The van der Waals surface area contributed by atoms with Gasteiger partial charge in [0.1, 0.15) is 23.2 Å². The largest absolute Gasteiger partial charge is 0.497 e. The van der Waals surface area contributed by atoms with Crippen LogP contribution in [0.15, 0.2) is 41.3 Å². The molecule has 0 atom stereocenters. The van der Waals surface area contributed by atoms with Crippen LogP contribution in [0.1, 0.15) is 36.5 Å². The SMILES string of the molecule is COc1ccc(Cc2cn(Cc3nc4c(C#N)c(Cl)ccc4[nH]3)c(=O)n2CC(C)(C)O)c(Cl)c1. The second-order valence-corrected chi connectivity index (χ2v) is 9.49. The van der Waals surface area contributed by atoms with Crippen LogP contribution in [0.2, 0.25) is 10.0 Å². The van der Waals surface area contributed by atoms with Crippen LogP contribution in [0.4, 0.5) is 0 Å². The van der Waals surface area contributed by atoms with Gasteiger partial charge in [-0.3, -0.25) is 9.13 Å². The summed E-state index contributed by atoms with van der Waals surface area (Å²) in [5.41, 5.74) is 1.51. The van der Waals surface area contributed by atoms with Gasteiger partial charge in [0, 0.05) is 23.3 Å². The number of imidazole rings is 2. The summed E-state index contributed by atoms with van der Waals surface area (Å²) in [5.74, 6) is 1.15. The van der Waals surface area contributed by atoms with Crippen LogP contribution >= 0.6 is 23.2 Å². The Balaban J connectivity index is 1.73. The molecule has 0 unspecified atom stereocenters. The van der Waals surface area contributed by atoms with Crippen molar-refractivity contribution in [3.8, 4) is 11.8 Å². The van der Waals surface area contributed by atoms with E-state index in [0.717, 1.165) is 5.56 Å². The van der Waals surface area contributed by atoms with Crippen molar-refractivity contribution < 1.29 is 9.84 Å². The third-order valence-corrected chi connectivity index (χ3v) is 6.06. The number of nitrogens with one attached hydrogen (secondary N) is 1. The zero-order valence-corrected chi connectivity index (χ0v) is 20.4. The predicted molar refractivity (Wildman–Crippen MR) is 131 cm³/mol. The third kappa shape index (κ3) is 4.82. The number of aromatic nitrogens is 4. The Labute approximate surface area is 205 Å². The van der Waals surface area contributed by atoms with E-state index in [4.69, 9.17) is 27.9 Å². The van der Waals surface area contributed by atoms with Crippen molar-refractivity contribution in [1.82, 2.24) is 19.1 Å². The van der Waals surface area contributed by atoms with Crippen molar-refractivity contribution in [3.63, 3.8) is 0 Å². The van der Waals surface area contributed by atoms with Crippen molar-refractivity contribution in [2.45, 2.75) is 39.0 Å². The van der Waals surface area contributed by atoms with E-state index in [9.17, 15) is 15.2 Å². The summed E-state index contributed by atoms with van der Waals surface area (Å²) in [5, 5.41) is 20.7. The number of ether oxygens (including phenoxy) is 1. The summed E-state index contributed by atoms with van der Waals surface area (Å²) < 4.78 is 8.27. The average molecular weight is 500 g/mol. The molecule has 176 valence electrons. The lowest BCUT2D eigenvalue weighted by atomic mass is 10.1. The number of nitrogens with zero attached hydrogens (tertiary/aromatic N) is 4. The smallest absolute Gasteiger partial charge is 0.328 e. The zero-order valence-electron chi connectivity index (χ0n) is 18.9. The lowest BCUT2D eigenvalue weighted by Crippen LogP contribution is -2.34. The monoisotopic (exact) mass is 499 g/mol. The highest BCUT2D eigenvalue weighted by Gasteiger charge is 2.21. The molecule has 34 heavy (non-hydrogen) atoms. The first kappa shape index (κ1) is 23.9. The molecule has 4 aromatic rings. The first-order valence-electron chi connectivity index (χ1n) is 10.5. The quantitative estimate of drug-likeness (QED) is 0.397. The fourth-order valence-corrected chi connectivity index (χ4v) is 4.26. The number of rotatable bonds is 7. The van der Waals surface area contributed by atoms with Gasteiger partial charge in [0.2, 0.25) is 0 Å². The van der Waals surface area contributed by atoms with Gasteiger partial charge in [0.15, 0.2) is 0 Å². The van der Waals surface area contributed by atoms with Gasteiger partial charge in [-0.05, 0) is 43.7 Å². The fourth-order valence-electron chi connectivity index (χ4n) is 3.83. The lowest BCUT2D eigenvalue weighted by molar-refractivity contribution is 0.0596. The predicted octanol–water partition coefficient (Wildman–Crippen LogP) is 4.12. The molecule has 0 bridgehead atoms. The topological polar surface area (TPSA) is 109 Å². The normalized spacial score (nSPS) is 11.7. The van der Waals surface area contributed by atoms with E-state index in [1.54, 1.807) is 49.9 Å². The van der Waals surface area contributed by atoms with Crippen LogP contribution in [0, 0.1) is 11.3 Å². The lowest BCUT2D eigenvalue weighted by Gasteiger charge is -2.19. The molecule has 4 rings (SSSR count). The van der Waals surface area contributed by atoms with Crippen LogP contribution in [-0.4, -0.2) is 36.9 Å². The highest BCUT2D eigenvalue weighted by Crippen LogP contribution is 2.26. The summed E-state index contributed by atoms with van der Waals surface area (Å²) in [4.78, 5) is 20.9. The van der Waals surface area contributed by atoms with Gasteiger partial charge in [-0.1, -0.05) is 29.3 Å². The molecule has 0 saturated carbocycles. The number of benzene rings is 2. The minimum absolute atomic E-state index is 0.107. The number of aliphatic hydroxyl groups is 1. The molecule has 2 heterocycles. The van der Waals surface area contributed by atoms with Crippen LogP contribution in [0.25, 0.3) is 11.0 Å². The van der Waals surface area contributed by atoms with Gasteiger partial charge < -0.3 is 14.8 Å².